The lowest BCUT2D eigenvalue weighted by Crippen LogP contribution is -2.53. The van der Waals surface area contributed by atoms with Crippen LogP contribution in [0.3, 0.4) is 0 Å². The Kier molecular flexibility index (Phi) is 5.10. The van der Waals surface area contributed by atoms with Gasteiger partial charge in [0.1, 0.15) is 5.75 Å². The number of rotatable bonds is 6. The second kappa shape index (κ2) is 7.19. The Bertz CT molecular complexity index is 802. The summed E-state index contributed by atoms with van der Waals surface area (Å²) in [5, 5.41) is 2.99. The molecular weight excluding hydrogens is 359 g/mol. The Morgan fingerprint density at radius 2 is 1.89 bits per heavy atom. The van der Waals surface area contributed by atoms with Gasteiger partial charge in [0, 0.05) is 24.4 Å². The quantitative estimate of drug-likeness (QED) is 0.801. The number of nitrogens with two attached hydrogens (primary N) is 1. The van der Waals surface area contributed by atoms with Gasteiger partial charge in [-0.3, -0.25) is 4.79 Å². The molecule has 2 aromatic rings. The third-order valence-electron chi connectivity index (χ3n) is 4.70. The van der Waals surface area contributed by atoms with Crippen molar-refractivity contribution in [2.75, 3.05) is 6.54 Å². The number of benzene rings is 1. The molecule has 144 valence electrons. The van der Waals surface area contributed by atoms with Gasteiger partial charge in [0.15, 0.2) is 0 Å². The molecule has 0 spiro atoms. The molecule has 3 N–H and O–H groups in total. The molecule has 27 heavy (non-hydrogen) atoms. The van der Waals surface area contributed by atoms with Crippen molar-refractivity contribution in [1.29, 1.82) is 0 Å². The summed E-state index contributed by atoms with van der Waals surface area (Å²) >= 11 is 0. The van der Waals surface area contributed by atoms with Crippen LogP contribution in [0.2, 0.25) is 0 Å². The Hall–Kier alpha value is -2.61. The number of halogens is 3. The molecular formula is C19H20F3N3O2. The van der Waals surface area contributed by atoms with Crippen LogP contribution in [-0.4, -0.2) is 23.0 Å². The lowest BCUT2D eigenvalue weighted by Gasteiger charge is -2.29. The minimum atomic E-state index is -4.45. The Balaban J connectivity index is 1.64. The number of nitrogens with zero attached hydrogens (tertiary/aromatic N) is 1. The van der Waals surface area contributed by atoms with Crippen LogP contribution in [-0.2, 0) is 6.18 Å². The van der Waals surface area contributed by atoms with Crippen molar-refractivity contribution in [3.8, 4) is 11.6 Å². The molecule has 1 amide bonds. The maximum absolute atomic E-state index is 12.5. The fraction of sp³-hybridized carbons (Fsp3) is 0.368. The van der Waals surface area contributed by atoms with E-state index in [2.05, 4.69) is 10.3 Å². The van der Waals surface area contributed by atoms with Gasteiger partial charge in [0.25, 0.3) is 5.91 Å². The Labute approximate surface area is 154 Å². The number of hydrogen-bond acceptors (Lipinski definition) is 4. The van der Waals surface area contributed by atoms with Crippen molar-refractivity contribution in [2.24, 2.45) is 11.7 Å². The predicted molar refractivity (Wildman–Crippen MR) is 93.4 cm³/mol. The van der Waals surface area contributed by atoms with E-state index in [1.165, 1.54) is 0 Å². The normalized spacial score (nSPS) is 16.5. The second-order valence-corrected chi connectivity index (χ2v) is 6.86. The molecule has 5 nitrogen and oxygen atoms in total. The summed E-state index contributed by atoms with van der Waals surface area (Å²) in [6.45, 7) is 2.31. The first-order valence-electron chi connectivity index (χ1n) is 8.55. The van der Waals surface area contributed by atoms with Crippen LogP contribution >= 0.6 is 0 Å². The molecule has 1 aromatic carbocycles. The van der Waals surface area contributed by atoms with Gasteiger partial charge in [0.05, 0.1) is 11.1 Å². The smallest absolute Gasteiger partial charge is 0.417 e. The van der Waals surface area contributed by atoms with Crippen LogP contribution in [0.5, 0.6) is 11.6 Å². The van der Waals surface area contributed by atoms with E-state index in [4.69, 9.17) is 10.5 Å². The van der Waals surface area contributed by atoms with Crippen molar-refractivity contribution in [2.45, 2.75) is 31.5 Å². The maximum Gasteiger partial charge on any atom is 0.417 e. The molecule has 0 saturated heterocycles. The standard InChI is InChI=1S/C19H20F3N3O2/c1-18(11-23,13-4-5-13)25-17(26)12-2-7-15(8-3-12)27-16-9-6-14(10-24-16)19(20,21)22/h2-3,6-10,13H,4-5,11,23H2,1H3,(H,25,26). The van der Waals surface area contributed by atoms with Gasteiger partial charge in [-0.05, 0) is 56.0 Å². The van der Waals surface area contributed by atoms with E-state index < -0.39 is 17.3 Å². The third kappa shape index (κ3) is 4.57. The van der Waals surface area contributed by atoms with Crippen LogP contribution in [0, 0.1) is 5.92 Å². The summed E-state index contributed by atoms with van der Waals surface area (Å²) < 4.78 is 43.0. The van der Waals surface area contributed by atoms with Crippen LogP contribution in [0.4, 0.5) is 13.2 Å². The van der Waals surface area contributed by atoms with E-state index >= 15 is 0 Å². The maximum atomic E-state index is 12.5. The molecule has 1 saturated carbocycles. The van der Waals surface area contributed by atoms with Crippen molar-refractivity contribution in [1.82, 2.24) is 10.3 Å². The van der Waals surface area contributed by atoms with Gasteiger partial charge in [-0.2, -0.15) is 13.2 Å². The topological polar surface area (TPSA) is 77.2 Å². The van der Waals surface area contributed by atoms with Gasteiger partial charge in [-0.1, -0.05) is 0 Å². The highest BCUT2D eigenvalue weighted by Crippen LogP contribution is 2.39. The number of amides is 1. The Morgan fingerprint density at radius 1 is 1.22 bits per heavy atom. The van der Waals surface area contributed by atoms with Gasteiger partial charge in [-0.25, -0.2) is 4.98 Å². The molecule has 1 unspecified atom stereocenters. The first-order valence-corrected chi connectivity index (χ1v) is 8.55. The summed E-state index contributed by atoms with van der Waals surface area (Å²) in [5.41, 5.74) is 4.99. The molecule has 0 aliphatic heterocycles. The minimum Gasteiger partial charge on any atom is -0.439 e. The van der Waals surface area contributed by atoms with Crippen LogP contribution in [0.1, 0.15) is 35.7 Å². The van der Waals surface area contributed by atoms with E-state index in [0.29, 0.717) is 30.0 Å². The molecule has 0 radical (unpaired) electrons. The predicted octanol–water partition coefficient (Wildman–Crippen LogP) is 3.75. The monoisotopic (exact) mass is 379 g/mol. The number of ether oxygens (including phenoxy) is 1. The number of nitrogens with one attached hydrogen (secondary N) is 1. The molecule has 1 aromatic heterocycles. The molecule has 1 aliphatic carbocycles. The van der Waals surface area contributed by atoms with Gasteiger partial charge < -0.3 is 15.8 Å². The summed E-state index contributed by atoms with van der Waals surface area (Å²) in [6.07, 6.45) is -1.62. The zero-order valence-electron chi connectivity index (χ0n) is 14.7. The van der Waals surface area contributed by atoms with Gasteiger partial charge >= 0.3 is 6.18 Å². The molecule has 3 rings (SSSR count). The summed E-state index contributed by atoms with van der Waals surface area (Å²) in [7, 11) is 0. The number of carbonyl (C=O) groups is 1. The third-order valence-corrected chi connectivity index (χ3v) is 4.70. The number of hydrogen-bond donors (Lipinski definition) is 2. The summed E-state index contributed by atoms with van der Waals surface area (Å²) in [4.78, 5) is 16.1. The number of alkyl halides is 3. The summed E-state index contributed by atoms with van der Waals surface area (Å²) in [5.74, 6) is 0.570. The molecule has 0 bridgehead atoms. The van der Waals surface area contributed by atoms with E-state index in [-0.39, 0.29) is 11.8 Å². The largest absolute Gasteiger partial charge is 0.439 e. The number of pyridine rings is 1. The van der Waals surface area contributed by atoms with Crippen LogP contribution < -0.4 is 15.8 Å². The second-order valence-electron chi connectivity index (χ2n) is 6.86. The van der Waals surface area contributed by atoms with Crippen molar-refractivity contribution >= 4 is 5.91 Å². The fourth-order valence-electron chi connectivity index (χ4n) is 2.78. The highest BCUT2D eigenvalue weighted by Gasteiger charge is 2.41. The number of carbonyl (C=O) groups excluding carboxylic acids is 1. The average Bonchev–Trinajstić information content (AvgIpc) is 3.47. The molecule has 1 heterocycles. The first-order chi connectivity index (χ1) is 12.7. The Morgan fingerprint density at radius 3 is 2.37 bits per heavy atom. The minimum absolute atomic E-state index is 0.0321. The van der Waals surface area contributed by atoms with Crippen molar-refractivity contribution < 1.29 is 22.7 Å². The summed E-state index contributed by atoms with van der Waals surface area (Å²) in [6, 6.07) is 8.33. The van der Waals surface area contributed by atoms with E-state index in [1.807, 2.05) is 6.92 Å². The average molecular weight is 379 g/mol. The zero-order valence-corrected chi connectivity index (χ0v) is 14.7. The first kappa shape index (κ1) is 19.2. The molecule has 1 aliphatic rings. The zero-order chi connectivity index (χ0) is 19.7. The highest BCUT2D eigenvalue weighted by atomic mass is 19.4. The molecule has 8 heteroatoms. The highest BCUT2D eigenvalue weighted by molar-refractivity contribution is 5.94. The van der Waals surface area contributed by atoms with Crippen LogP contribution in [0.15, 0.2) is 42.6 Å². The lowest BCUT2D eigenvalue weighted by molar-refractivity contribution is -0.137. The SMILES string of the molecule is CC(CN)(NC(=O)c1ccc(Oc2ccc(C(F)(F)F)cn2)cc1)C1CC1. The number of aromatic nitrogens is 1. The lowest BCUT2D eigenvalue weighted by atomic mass is 9.95. The van der Waals surface area contributed by atoms with Crippen molar-refractivity contribution in [3.05, 3.63) is 53.7 Å². The van der Waals surface area contributed by atoms with E-state index in [0.717, 1.165) is 25.0 Å². The molecule has 1 atom stereocenters. The van der Waals surface area contributed by atoms with E-state index in [9.17, 15) is 18.0 Å². The van der Waals surface area contributed by atoms with Gasteiger partial charge in [-0.15, -0.1) is 0 Å². The van der Waals surface area contributed by atoms with E-state index in [1.54, 1.807) is 24.3 Å². The van der Waals surface area contributed by atoms with Crippen LogP contribution in [0.25, 0.3) is 0 Å². The van der Waals surface area contributed by atoms with Gasteiger partial charge in [0.2, 0.25) is 5.88 Å². The molecule has 1 fully saturated rings. The fourth-order valence-corrected chi connectivity index (χ4v) is 2.78. The van der Waals surface area contributed by atoms with Crippen molar-refractivity contribution in [3.63, 3.8) is 0 Å².